The molecule has 0 aliphatic rings. The fourth-order valence-corrected chi connectivity index (χ4v) is 1.25. The molecule has 0 fully saturated rings. The first-order chi connectivity index (χ1) is 6.58. The summed E-state index contributed by atoms with van der Waals surface area (Å²) < 4.78 is 0. The molecule has 8 nitrogen and oxygen atoms in total. The molecule has 0 aromatic carbocycles. The van der Waals surface area contributed by atoms with Gasteiger partial charge < -0.3 is 22.9 Å². The minimum absolute atomic E-state index is 0.414. The summed E-state index contributed by atoms with van der Waals surface area (Å²) in [5.74, 6) is 0. The van der Waals surface area contributed by atoms with E-state index in [1.54, 1.807) is 0 Å². The van der Waals surface area contributed by atoms with E-state index in [2.05, 4.69) is 20.4 Å². The van der Waals surface area contributed by atoms with Crippen LogP contribution in [0.2, 0.25) is 0 Å². The van der Waals surface area contributed by atoms with Crippen molar-refractivity contribution in [1.29, 1.82) is 0 Å². The fourth-order valence-electron chi connectivity index (χ4n) is 0.493. The average molecular weight is 232 g/mol. The third-order valence-corrected chi connectivity index (χ3v) is 2.08. The molecule has 0 amide bonds. The van der Waals surface area contributed by atoms with Crippen molar-refractivity contribution in [1.82, 2.24) is 20.4 Å². The third-order valence-electron chi connectivity index (χ3n) is 0.913. The van der Waals surface area contributed by atoms with Gasteiger partial charge in [-0.1, -0.05) is 22.7 Å². The highest BCUT2D eigenvalue weighted by Gasteiger charge is 1.90. The van der Waals surface area contributed by atoms with Crippen LogP contribution in [-0.2, 0) is 0 Å². The monoisotopic (exact) mass is 232 g/mol. The number of nitrogens with zero attached hydrogens (tertiary/aromatic N) is 4. The number of nitrogen functional groups attached to an aromatic ring is 4. The molecule has 0 aliphatic heterocycles. The Hall–Kier alpha value is -1.68. The topological polar surface area (TPSA) is 156 Å². The summed E-state index contributed by atoms with van der Waals surface area (Å²) in [6.07, 6.45) is 0. The molecule has 2 aromatic heterocycles. The van der Waals surface area contributed by atoms with Crippen molar-refractivity contribution in [3.05, 3.63) is 0 Å². The van der Waals surface area contributed by atoms with Crippen LogP contribution in [0.1, 0.15) is 0 Å². The molecule has 2 heterocycles. The standard InChI is InChI=1S/2C2H4N4S/c2*3-1-5-6-2(4)7-1/h2*(H2,3,5)(H2,4,6). The Kier molecular flexibility index (Phi) is 3.36. The van der Waals surface area contributed by atoms with Gasteiger partial charge in [-0.05, 0) is 0 Å². The van der Waals surface area contributed by atoms with Crippen molar-refractivity contribution in [3.63, 3.8) is 0 Å². The maximum absolute atomic E-state index is 5.14. The lowest BCUT2D eigenvalue weighted by Crippen LogP contribution is -1.81. The van der Waals surface area contributed by atoms with Gasteiger partial charge in [-0.2, -0.15) is 0 Å². The van der Waals surface area contributed by atoms with E-state index in [1.165, 1.54) is 22.7 Å². The van der Waals surface area contributed by atoms with Gasteiger partial charge in [0.25, 0.3) is 0 Å². The van der Waals surface area contributed by atoms with Crippen molar-refractivity contribution in [3.8, 4) is 0 Å². The molecule has 2 rings (SSSR count). The van der Waals surface area contributed by atoms with Crippen molar-refractivity contribution in [2.45, 2.75) is 0 Å². The largest absolute Gasteiger partial charge is 0.374 e. The minimum Gasteiger partial charge on any atom is -0.374 e. The average Bonchev–Trinajstić information content (AvgIpc) is 2.63. The lowest BCUT2D eigenvalue weighted by molar-refractivity contribution is 1.11. The molecule has 76 valence electrons. The fraction of sp³-hybridized carbons (Fsp3) is 0. The van der Waals surface area contributed by atoms with Crippen molar-refractivity contribution in [2.24, 2.45) is 0 Å². The molecule has 0 saturated carbocycles. The van der Waals surface area contributed by atoms with Crippen LogP contribution in [-0.4, -0.2) is 20.4 Å². The van der Waals surface area contributed by atoms with Crippen LogP contribution in [0.5, 0.6) is 0 Å². The summed E-state index contributed by atoms with van der Waals surface area (Å²) in [6.45, 7) is 0. The molecule has 0 aliphatic carbocycles. The highest BCUT2D eigenvalue weighted by molar-refractivity contribution is 7.18. The first-order valence-corrected chi connectivity index (χ1v) is 4.90. The predicted molar refractivity (Wildman–Crippen MR) is 57.5 cm³/mol. The van der Waals surface area contributed by atoms with Gasteiger partial charge in [0.2, 0.25) is 20.5 Å². The molecule has 0 spiro atoms. The predicted octanol–water partition coefficient (Wildman–Crippen LogP) is -0.595. The van der Waals surface area contributed by atoms with Crippen LogP contribution >= 0.6 is 22.7 Å². The summed E-state index contributed by atoms with van der Waals surface area (Å²) >= 11 is 2.35. The first-order valence-electron chi connectivity index (χ1n) is 3.27. The van der Waals surface area contributed by atoms with Gasteiger partial charge in [-0.15, -0.1) is 20.4 Å². The number of hydrogen-bond acceptors (Lipinski definition) is 10. The maximum Gasteiger partial charge on any atom is 0.204 e. The van der Waals surface area contributed by atoms with E-state index in [-0.39, 0.29) is 0 Å². The molecule has 0 bridgehead atoms. The Balaban J connectivity index is 0.000000140. The normalized spacial score (nSPS) is 9.14. The second kappa shape index (κ2) is 4.53. The zero-order chi connectivity index (χ0) is 10.6. The zero-order valence-corrected chi connectivity index (χ0v) is 8.55. The van der Waals surface area contributed by atoms with Crippen molar-refractivity contribution >= 4 is 43.2 Å². The lowest BCUT2D eigenvalue weighted by atomic mass is 11.3. The lowest BCUT2D eigenvalue weighted by Gasteiger charge is -1.67. The van der Waals surface area contributed by atoms with Gasteiger partial charge in [0.05, 0.1) is 0 Å². The highest BCUT2D eigenvalue weighted by Crippen LogP contribution is 2.11. The number of rotatable bonds is 0. The van der Waals surface area contributed by atoms with Gasteiger partial charge in [0.1, 0.15) is 0 Å². The number of anilines is 4. The van der Waals surface area contributed by atoms with Gasteiger partial charge in [-0.3, -0.25) is 0 Å². The van der Waals surface area contributed by atoms with Gasteiger partial charge >= 0.3 is 0 Å². The van der Waals surface area contributed by atoms with Crippen LogP contribution in [0.3, 0.4) is 0 Å². The maximum atomic E-state index is 5.14. The van der Waals surface area contributed by atoms with Crippen molar-refractivity contribution < 1.29 is 0 Å². The molecule has 0 unspecified atom stereocenters. The van der Waals surface area contributed by atoms with Crippen LogP contribution in [0, 0.1) is 0 Å². The summed E-state index contributed by atoms with van der Waals surface area (Å²) in [5.41, 5.74) is 20.6. The third kappa shape index (κ3) is 3.37. The Labute approximate surface area is 87.0 Å². The second-order valence-corrected chi connectivity index (χ2v) is 4.04. The van der Waals surface area contributed by atoms with E-state index in [0.29, 0.717) is 20.5 Å². The SMILES string of the molecule is Nc1nnc(N)s1.Nc1nnc(N)s1. The molecule has 10 heteroatoms. The van der Waals surface area contributed by atoms with Crippen LogP contribution < -0.4 is 22.9 Å². The molecule has 0 atom stereocenters. The molecular weight excluding hydrogens is 224 g/mol. The summed E-state index contributed by atoms with van der Waals surface area (Å²) in [4.78, 5) is 0. The molecular formula is C4H8N8S2. The molecule has 0 radical (unpaired) electrons. The summed E-state index contributed by atoms with van der Waals surface area (Å²) in [5, 5.41) is 15.4. The van der Waals surface area contributed by atoms with E-state index < -0.39 is 0 Å². The van der Waals surface area contributed by atoms with Gasteiger partial charge in [0.15, 0.2) is 0 Å². The highest BCUT2D eigenvalue weighted by atomic mass is 32.1. The quantitative estimate of drug-likeness (QED) is 0.469. The van der Waals surface area contributed by atoms with Crippen LogP contribution in [0.25, 0.3) is 0 Å². The smallest absolute Gasteiger partial charge is 0.204 e. The Morgan fingerprint density at radius 2 is 0.786 bits per heavy atom. The number of nitrogens with two attached hydrogens (primary N) is 4. The second-order valence-electron chi connectivity index (χ2n) is 1.96. The summed E-state index contributed by atoms with van der Waals surface area (Å²) in [7, 11) is 0. The van der Waals surface area contributed by atoms with Gasteiger partial charge in [-0.25, -0.2) is 0 Å². The molecule has 2 aromatic rings. The molecule has 8 N–H and O–H groups in total. The van der Waals surface area contributed by atoms with Gasteiger partial charge in [0, 0.05) is 0 Å². The van der Waals surface area contributed by atoms with E-state index in [1.807, 2.05) is 0 Å². The zero-order valence-electron chi connectivity index (χ0n) is 6.91. The van der Waals surface area contributed by atoms with E-state index in [9.17, 15) is 0 Å². The Morgan fingerprint density at radius 1 is 0.571 bits per heavy atom. The molecule has 0 saturated heterocycles. The van der Waals surface area contributed by atoms with E-state index in [4.69, 9.17) is 22.9 Å². The minimum atomic E-state index is 0.414. The van der Waals surface area contributed by atoms with Crippen LogP contribution in [0.15, 0.2) is 0 Å². The summed E-state index contributed by atoms with van der Waals surface area (Å²) in [6, 6.07) is 0. The van der Waals surface area contributed by atoms with Crippen molar-refractivity contribution in [2.75, 3.05) is 22.9 Å². The number of hydrogen-bond donors (Lipinski definition) is 4. The first kappa shape index (κ1) is 10.4. The van der Waals surface area contributed by atoms with E-state index >= 15 is 0 Å². The Bertz CT molecular complexity index is 322. The van der Waals surface area contributed by atoms with Crippen LogP contribution in [0.4, 0.5) is 20.5 Å². The number of aromatic nitrogens is 4. The van der Waals surface area contributed by atoms with E-state index in [0.717, 1.165) is 0 Å². The Morgan fingerprint density at radius 3 is 0.857 bits per heavy atom. The molecule has 14 heavy (non-hydrogen) atoms.